The maximum Gasteiger partial charge on any atom is 0.256 e. The van der Waals surface area contributed by atoms with Gasteiger partial charge in [-0.25, -0.2) is 4.39 Å². The molecule has 7 heteroatoms. The number of carbonyl (C=O) groups is 1. The highest BCUT2D eigenvalue weighted by Gasteiger charge is 2.14. The van der Waals surface area contributed by atoms with Crippen molar-refractivity contribution in [2.45, 2.75) is 0 Å². The predicted molar refractivity (Wildman–Crippen MR) is 80.1 cm³/mol. The number of fused-ring (bicyclic) bond motifs is 2. The zero-order valence-corrected chi connectivity index (χ0v) is 11.2. The Morgan fingerprint density at radius 1 is 1.05 bits per heavy atom. The van der Waals surface area contributed by atoms with E-state index in [1.54, 1.807) is 18.3 Å². The minimum absolute atomic E-state index is 0.232. The lowest BCUT2D eigenvalue weighted by Crippen LogP contribution is -2.12. The van der Waals surface area contributed by atoms with Gasteiger partial charge >= 0.3 is 0 Å². The van der Waals surface area contributed by atoms with Crippen molar-refractivity contribution in [2.75, 3.05) is 5.32 Å². The van der Waals surface area contributed by atoms with Crippen molar-refractivity contribution in [1.82, 2.24) is 20.4 Å². The van der Waals surface area contributed by atoms with Gasteiger partial charge in [0.15, 0.2) is 0 Å². The average molecular weight is 295 g/mol. The topological polar surface area (TPSA) is 86.5 Å². The lowest BCUT2D eigenvalue weighted by atomic mass is 10.1. The van der Waals surface area contributed by atoms with Crippen LogP contribution >= 0.6 is 0 Å². The van der Waals surface area contributed by atoms with Crippen LogP contribution < -0.4 is 5.32 Å². The van der Waals surface area contributed by atoms with E-state index in [-0.39, 0.29) is 5.56 Å². The summed E-state index contributed by atoms with van der Waals surface area (Å²) in [6.45, 7) is 0. The number of amides is 1. The van der Waals surface area contributed by atoms with Crippen molar-refractivity contribution in [3.63, 3.8) is 0 Å². The van der Waals surface area contributed by atoms with Crippen molar-refractivity contribution in [1.29, 1.82) is 0 Å². The van der Waals surface area contributed by atoms with Crippen LogP contribution in [0.15, 0.2) is 42.7 Å². The lowest BCUT2D eigenvalue weighted by molar-refractivity contribution is 0.102. The van der Waals surface area contributed by atoms with Gasteiger partial charge in [-0.1, -0.05) is 0 Å². The smallest absolute Gasteiger partial charge is 0.256 e. The van der Waals surface area contributed by atoms with Crippen molar-refractivity contribution in [2.24, 2.45) is 0 Å². The lowest BCUT2D eigenvalue weighted by Gasteiger charge is -2.06. The Hall–Kier alpha value is -3.22. The summed E-state index contributed by atoms with van der Waals surface area (Å²) < 4.78 is 13.6. The molecule has 0 unspecified atom stereocenters. The number of nitrogens with one attached hydrogen (secondary N) is 3. The molecule has 6 nitrogen and oxygen atoms in total. The summed E-state index contributed by atoms with van der Waals surface area (Å²) in [6, 6.07) is 7.87. The van der Waals surface area contributed by atoms with Crippen LogP contribution in [-0.4, -0.2) is 26.3 Å². The van der Waals surface area contributed by atoms with Crippen LogP contribution in [0.5, 0.6) is 0 Å². The molecule has 4 aromatic rings. The van der Waals surface area contributed by atoms with Crippen LogP contribution in [0, 0.1) is 5.82 Å². The van der Waals surface area contributed by atoms with Crippen LogP contribution in [0.25, 0.3) is 21.8 Å². The van der Waals surface area contributed by atoms with E-state index in [0.29, 0.717) is 16.6 Å². The van der Waals surface area contributed by atoms with E-state index in [2.05, 4.69) is 25.7 Å². The Kier molecular flexibility index (Phi) is 2.65. The first kappa shape index (κ1) is 12.5. The molecule has 1 amide bonds. The van der Waals surface area contributed by atoms with Gasteiger partial charge in [-0.15, -0.1) is 0 Å². The third-order valence-corrected chi connectivity index (χ3v) is 3.47. The molecule has 0 spiro atoms. The van der Waals surface area contributed by atoms with Crippen molar-refractivity contribution in [3.05, 3.63) is 54.1 Å². The summed E-state index contributed by atoms with van der Waals surface area (Å²) in [6.07, 6.45) is 3.17. The molecule has 2 heterocycles. The van der Waals surface area contributed by atoms with E-state index in [1.807, 2.05) is 6.07 Å². The molecule has 0 bridgehead atoms. The van der Waals surface area contributed by atoms with E-state index < -0.39 is 11.7 Å². The molecule has 3 N–H and O–H groups in total. The highest BCUT2D eigenvalue weighted by atomic mass is 19.1. The number of hydrogen-bond acceptors (Lipinski definition) is 3. The SMILES string of the molecule is O=C(Nc1ccc2[nH]ncc2c1)c1cc(F)cc2[nH]ncc12. The van der Waals surface area contributed by atoms with Crippen LogP contribution in [0.3, 0.4) is 0 Å². The fourth-order valence-electron chi connectivity index (χ4n) is 2.42. The van der Waals surface area contributed by atoms with Crippen LogP contribution in [0.4, 0.5) is 10.1 Å². The first-order valence-electron chi connectivity index (χ1n) is 6.58. The summed E-state index contributed by atoms with van der Waals surface area (Å²) in [5.74, 6) is -0.888. The van der Waals surface area contributed by atoms with E-state index in [0.717, 1.165) is 10.9 Å². The molecular weight excluding hydrogens is 285 g/mol. The zero-order chi connectivity index (χ0) is 15.1. The zero-order valence-electron chi connectivity index (χ0n) is 11.2. The number of aromatic nitrogens is 4. The minimum atomic E-state index is -0.493. The van der Waals surface area contributed by atoms with Crippen molar-refractivity contribution < 1.29 is 9.18 Å². The number of hydrogen-bond donors (Lipinski definition) is 3. The molecule has 0 aliphatic heterocycles. The van der Waals surface area contributed by atoms with Crippen molar-refractivity contribution in [3.8, 4) is 0 Å². The predicted octanol–water partition coefficient (Wildman–Crippen LogP) is 2.83. The molecular formula is C15H10FN5O. The van der Waals surface area contributed by atoms with Crippen LogP contribution in [0.1, 0.15) is 10.4 Å². The molecule has 0 aliphatic rings. The molecule has 108 valence electrons. The number of aromatic amines is 2. The Balaban J connectivity index is 1.72. The number of anilines is 1. The molecule has 0 radical (unpaired) electrons. The first-order chi connectivity index (χ1) is 10.7. The largest absolute Gasteiger partial charge is 0.322 e. The molecule has 0 aliphatic carbocycles. The van der Waals surface area contributed by atoms with Crippen LogP contribution in [0.2, 0.25) is 0 Å². The average Bonchev–Trinajstić information content (AvgIpc) is 3.13. The maximum absolute atomic E-state index is 13.6. The van der Waals surface area contributed by atoms with Gasteiger partial charge in [0.1, 0.15) is 5.82 Å². The van der Waals surface area contributed by atoms with E-state index in [9.17, 15) is 9.18 Å². The number of carbonyl (C=O) groups excluding carboxylic acids is 1. The van der Waals surface area contributed by atoms with E-state index >= 15 is 0 Å². The normalized spacial score (nSPS) is 11.1. The van der Waals surface area contributed by atoms with Crippen molar-refractivity contribution >= 4 is 33.4 Å². The van der Waals surface area contributed by atoms with Gasteiger partial charge in [-0.05, 0) is 30.3 Å². The number of H-pyrrole nitrogens is 2. The van der Waals surface area contributed by atoms with Gasteiger partial charge in [0.25, 0.3) is 5.91 Å². The third-order valence-electron chi connectivity index (χ3n) is 3.47. The third kappa shape index (κ3) is 1.99. The van der Waals surface area contributed by atoms with Gasteiger partial charge in [-0.3, -0.25) is 15.0 Å². The molecule has 0 fully saturated rings. The number of nitrogens with zero attached hydrogens (tertiary/aromatic N) is 2. The maximum atomic E-state index is 13.6. The highest BCUT2D eigenvalue weighted by Crippen LogP contribution is 2.21. The second kappa shape index (κ2) is 4.66. The number of benzene rings is 2. The highest BCUT2D eigenvalue weighted by molar-refractivity contribution is 6.12. The molecule has 0 saturated carbocycles. The van der Waals surface area contributed by atoms with Gasteiger partial charge in [0, 0.05) is 16.5 Å². The van der Waals surface area contributed by atoms with E-state index in [1.165, 1.54) is 18.3 Å². The Labute approximate surface area is 123 Å². The molecule has 2 aromatic carbocycles. The quantitative estimate of drug-likeness (QED) is 0.531. The molecule has 0 atom stereocenters. The molecule has 2 aromatic heterocycles. The summed E-state index contributed by atoms with van der Waals surface area (Å²) in [7, 11) is 0. The van der Waals surface area contributed by atoms with Crippen LogP contribution in [-0.2, 0) is 0 Å². The first-order valence-corrected chi connectivity index (χ1v) is 6.58. The molecule has 0 saturated heterocycles. The second-order valence-electron chi connectivity index (χ2n) is 4.91. The van der Waals surface area contributed by atoms with Gasteiger partial charge in [0.05, 0.1) is 29.0 Å². The Morgan fingerprint density at radius 3 is 2.77 bits per heavy atom. The summed E-state index contributed by atoms with van der Waals surface area (Å²) in [4.78, 5) is 12.4. The number of halogens is 1. The summed E-state index contributed by atoms with van der Waals surface area (Å²) in [5, 5.41) is 17.5. The van der Waals surface area contributed by atoms with E-state index in [4.69, 9.17) is 0 Å². The fourth-order valence-corrected chi connectivity index (χ4v) is 2.42. The molecule has 4 rings (SSSR count). The summed E-state index contributed by atoms with van der Waals surface area (Å²) in [5.41, 5.74) is 2.20. The standard InChI is InChI=1S/C15H10FN5O/c16-9-4-11(12-7-18-21-14(12)5-9)15(22)19-10-1-2-13-8(3-10)6-17-20-13/h1-7H,(H,17,20)(H,18,21)(H,19,22). The molecule has 22 heavy (non-hydrogen) atoms. The second-order valence-corrected chi connectivity index (χ2v) is 4.91. The summed E-state index contributed by atoms with van der Waals surface area (Å²) >= 11 is 0. The van der Waals surface area contributed by atoms with Gasteiger partial charge in [0.2, 0.25) is 0 Å². The van der Waals surface area contributed by atoms with Gasteiger partial charge < -0.3 is 5.32 Å². The Bertz CT molecular complexity index is 1000. The number of rotatable bonds is 2. The Morgan fingerprint density at radius 2 is 1.86 bits per heavy atom. The minimum Gasteiger partial charge on any atom is -0.322 e. The monoisotopic (exact) mass is 295 g/mol. The fraction of sp³-hybridized carbons (Fsp3) is 0. The van der Waals surface area contributed by atoms with Gasteiger partial charge in [-0.2, -0.15) is 10.2 Å².